The molecule has 1 saturated heterocycles. The zero-order valence-corrected chi connectivity index (χ0v) is 22.8. The number of anilines is 1. The highest BCUT2D eigenvalue weighted by molar-refractivity contribution is 7.17. The Morgan fingerprint density at radius 3 is 2.72 bits per heavy atom. The SMILES string of the molecule is CCOC(=O)c1sc(N2C(=O)C(=O)C(=C(O)c3ccc4c(c3)C[C@H](C)O4)[C@@H]2c2cccc(OCC)c2)nc1C. The van der Waals surface area contributed by atoms with Gasteiger partial charge in [0.25, 0.3) is 5.78 Å². The molecule has 0 aliphatic carbocycles. The molecular formula is C29H28N2O7S. The molecule has 2 atom stereocenters. The van der Waals surface area contributed by atoms with E-state index in [0.29, 0.717) is 35.6 Å². The van der Waals surface area contributed by atoms with Gasteiger partial charge in [-0.3, -0.25) is 14.5 Å². The second kappa shape index (κ2) is 10.5. The van der Waals surface area contributed by atoms with Gasteiger partial charge in [0.1, 0.15) is 28.2 Å². The topological polar surface area (TPSA) is 115 Å². The van der Waals surface area contributed by atoms with Gasteiger partial charge in [-0.25, -0.2) is 9.78 Å². The third-order valence-electron chi connectivity index (χ3n) is 6.55. The van der Waals surface area contributed by atoms with Gasteiger partial charge in [0, 0.05) is 12.0 Å². The lowest BCUT2D eigenvalue weighted by atomic mass is 9.94. The van der Waals surface area contributed by atoms with E-state index in [1.54, 1.807) is 56.3 Å². The van der Waals surface area contributed by atoms with Gasteiger partial charge in [-0.05, 0) is 69.2 Å². The Morgan fingerprint density at radius 1 is 1.18 bits per heavy atom. The molecule has 1 N–H and O–H groups in total. The van der Waals surface area contributed by atoms with E-state index < -0.39 is 23.7 Å². The maximum atomic E-state index is 13.5. The summed E-state index contributed by atoms with van der Waals surface area (Å²) in [5.41, 5.74) is 2.16. The Hall–Kier alpha value is -4.18. The lowest BCUT2D eigenvalue weighted by Gasteiger charge is -2.23. The van der Waals surface area contributed by atoms with Gasteiger partial charge >= 0.3 is 11.9 Å². The number of aliphatic hydroxyl groups is 1. The van der Waals surface area contributed by atoms with E-state index in [-0.39, 0.29) is 34.1 Å². The molecule has 39 heavy (non-hydrogen) atoms. The second-order valence-corrected chi connectivity index (χ2v) is 10.2. The maximum absolute atomic E-state index is 13.5. The van der Waals surface area contributed by atoms with Crippen molar-refractivity contribution in [3.05, 3.63) is 75.3 Å². The van der Waals surface area contributed by atoms with Crippen LogP contribution in [0.4, 0.5) is 5.13 Å². The molecule has 0 spiro atoms. The van der Waals surface area contributed by atoms with Crippen molar-refractivity contribution in [1.82, 2.24) is 4.98 Å². The summed E-state index contributed by atoms with van der Waals surface area (Å²) >= 11 is 0.965. The molecule has 0 saturated carbocycles. The number of fused-ring (bicyclic) bond motifs is 1. The van der Waals surface area contributed by atoms with Crippen LogP contribution in [0.15, 0.2) is 48.0 Å². The number of thiazole rings is 1. The van der Waals surface area contributed by atoms with E-state index in [1.807, 2.05) is 13.8 Å². The fourth-order valence-electron chi connectivity index (χ4n) is 4.88. The Labute approximate surface area is 229 Å². The molecule has 0 unspecified atom stereocenters. The molecule has 1 aromatic heterocycles. The highest BCUT2D eigenvalue weighted by Gasteiger charge is 2.48. The molecule has 3 aromatic rings. The predicted molar refractivity (Wildman–Crippen MR) is 145 cm³/mol. The summed E-state index contributed by atoms with van der Waals surface area (Å²) in [5, 5.41) is 11.7. The number of aliphatic hydroxyl groups excluding tert-OH is 1. The normalized spacial score (nSPS) is 19.6. The van der Waals surface area contributed by atoms with Crippen molar-refractivity contribution >= 4 is 39.9 Å². The van der Waals surface area contributed by atoms with Crippen LogP contribution in [0.1, 0.15) is 58.9 Å². The number of ether oxygens (including phenoxy) is 3. The standard InChI is InChI=1S/C29H28N2O7S/c1-5-36-20-9-7-8-17(14-20)23-22(24(32)18-10-11-21-19(13-18)12-15(3)38-21)25(33)27(34)31(23)29-30-16(4)26(39-29)28(35)37-6-2/h7-11,13-15,23,32H,5-6,12H2,1-4H3/t15-,23-/m0/s1. The third-order valence-corrected chi connectivity index (χ3v) is 7.69. The molecule has 9 nitrogen and oxygen atoms in total. The van der Waals surface area contributed by atoms with Crippen LogP contribution in [0, 0.1) is 6.92 Å². The quantitative estimate of drug-likeness (QED) is 0.190. The van der Waals surface area contributed by atoms with E-state index >= 15 is 0 Å². The number of nitrogens with zero attached hydrogens (tertiary/aromatic N) is 2. The summed E-state index contributed by atoms with van der Waals surface area (Å²) in [6, 6.07) is 11.2. The minimum absolute atomic E-state index is 0.00557. The van der Waals surface area contributed by atoms with Crippen molar-refractivity contribution in [2.45, 2.75) is 46.3 Å². The molecule has 1 fully saturated rings. The van der Waals surface area contributed by atoms with Crippen molar-refractivity contribution in [3.63, 3.8) is 0 Å². The Balaban J connectivity index is 1.67. The molecule has 0 radical (unpaired) electrons. The summed E-state index contributed by atoms with van der Waals surface area (Å²) < 4.78 is 16.6. The van der Waals surface area contributed by atoms with Gasteiger partial charge in [-0.15, -0.1) is 0 Å². The summed E-state index contributed by atoms with van der Waals surface area (Å²) in [4.78, 5) is 45.5. The van der Waals surface area contributed by atoms with E-state index in [1.165, 1.54) is 4.90 Å². The molecular weight excluding hydrogens is 520 g/mol. The summed E-state index contributed by atoms with van der Waals surface area (Å²) in [6.07, 6.45) is 0.672. The smallest absolute Gasteiger partial charge is 0.350 e. The number of carbonyl (C=O) groups is 3. The lowest BCUT2D eigenvalue weighted by Crippen LogP contribution is -2.29. The number of Topliss-reactive ketones (excluding diaryl/α,β-unsaturated/α-hetero) is 1. The molecule has 202 valence electrons. The van der Waals surface area contributed by atoms with Crippen LogP contribution in [-0.4, -0.2) is 47.1 Å². The minimum Gasteiger partial charge on any atom is -0.507 e. The van der Waals surface area contributed by atoms with Gasteiger partial charge in [-0.1, -0.05) is 23.5 Å². The van der Waals surface area contributed by atoms with Crippen molar-refractivity contribution < 1.29 is 33.7 Å². The Kier molecular flexibility index (Phi) is 7.14. The molecule has 2 aliphatic rings. The second-order valence-electron chi connectivity index (χ2n) is 9.26. The number of hydrogen-bond donors (Lipinski definition) is 1. The molecule has 5 rings (SSSR count). The van der Waals surface area contributed by atoms with Gasteiger partial charge in [0.05, 0.1) is 30.5 Å². The third kappa shape index (κ3) is 4.76. The zero-order chi connectivity index (χ0) is 27.8. The van der Waals surface area contributed by atoms with E-state index in [4.69, 9.17) is 14.2 Å². The van der Waals surface area contributed by atoms with Crippen LogP contribution < -0.4 is 14.4 Å². The highest BCUT2D eigenvalue weighted by Crippen LogP contribution is 2.45. The number of hydrogen-bond acceptors (Lipinski definition) is 9. The lowest BCUT2D eigenvalue weighted by molar-refractivity contribution is -0.132. The molecule has 3 heterocycles. The van der Waals surface area contributed by atoms with Crippen molar-refractivity contribution in [2.24, 2.45) is 0 Å². The highest BCUT2D eigenvalue weighted by atomic mass is 32.1. The average molecular weight is 549 g/mol. The van der Waals surface area contributed by atoms with Crippen LogP contribution >= 0.6 is 11.3 Å². The van der Waals surface area contributed by atoms with Crippen molar-refractivity contribution in [2.75, 3.05) is 18.1 Å². The van der Waals surface area contributed by atoms with E-state index in [0.717, 1.165) is 22.6 Å². The number of benzene rings is 2. The van der Waals surface area contributed by atoms with Crippen LogP contribution in [0.3, 0.4) is 0 Å². The van der Waals surface area contributed by atoms with Gasteiger partial charge < -0.3 is 19.3 Å². The van der Waals surface area contributed by atoms with Crippen LogP contribution in [0.5, 0.6) is 11.5 Å². The fourth-order valence-corrected chi connectivity index (χ4v) is 5.87. The zero-order valence-electron chi connectivity index (χ0n) is 22.0. The van der Waals surface area contributed by atoms with Gasteiger partial charge in [0.2, 0.25) is 0 Å². The fraction of sp³-hybridized carbons (Fsp3) is 0.310. The van der Waals surface area contributed by atoms with Gasteiger partial charge in [-0.2, -0.15) is 0 Å². The van der Waals surface area contributed by atoms with E-state index in [9.17, 15) is 19.5 Å². The van der Waals surface area contributed by atoms with E-state index in [2.05, 4.69) is 4.98 Å². The summed E-state index contributed by atoms with van der Waals surface area (Å²) in [6.45, 7) is 7.76. The largest absolute Gasteiger partial charge is 0.507 e. The Morgan fingerprint density at radius 2 is 1.97 bits per heavy atom. The van der Waals surface area contributed by atoms with Crippen LogP contribution in [0.2, 0.25) is 0 Å². The molecule has 1 amide bonds. The summed E-state index contributed by atoms with van der Waals surface area (Å²) in [7, 11) is 0. The molecule has 0 bridgehead atoms. The molecule has 2 aromatic carbocycles. The van der Waals surface area contributed by atoms with Crippen LogP contribution in [-0.2, 0) is 20.7 Å². The minimum atomic E-state index is -1.01. The van der Waals surface area contributed by atoms with Gasteiger partial charge in [0.15, 0.2) is 5.13 Å². The molecule has 10 heteroatoms. The first-order valence-electron chi connectivity index (χ1n) is 12.7. The number of amides is 1. The number of carbonyl (C=O) groups excluding carboxylic acids is 3. The van der Waals surface area contributed by atoms with Crippen molar-refractivity contribution in [1.29, 1.82) is 0 Å². The summed E-state index contributed by atoms with van der Waals surface area (Å²) in [5.74, 6) is -1.29. The maximum Gasteiger partial charge on any atom is 0.350 e. The monoisotopic (exact) mass is 548 g/mol. The first kappa shape index (κ1) is 26.4. The van der Waals surface area contributed by atoms with Crippen LogP contribution in [0.25, 0.3) is 5.76 Å². The number of rotatable bonds is 7. The van der Waals surface area contributed by atoms with Crippen molar-refractivity contribution in [3.8, 4) is 11.5 Å². The first-order chi connectivity index (χ1) is 18.7. The average Bonchev–Trinajstić information content (AvgIpc) is 3.56. The predicted octanol–water partition coefficient (Wildman–Crippen LogP) is 4.98. The molecule has 2 aliphatic heterocycles. The number of ketones is 1. The number of esters is 1. The first-order valence-corrected chi connectivity index (χ1v) is 13.5. The Bertz CT molecular complexity index is 1510. The number of aromatic nitrogens is 1. The number of aryl methyl sites for hydroxylation is 1.